The highest BCUT2D eigenvalue weighted by molar-refractivity contribution is 6.34. The van der Waals surface area contributed by atoms with E-state index in [4.69, 9.17) is 0 Å². The van der Waals surface area contributed by atoms with Crippen LogP contribution in [-0.2, 0) is 0 Å². The van der Waals surface area contributed by atoms with Crippen molar-refractivity contribution in [2.75, 3.05) is 10.2 Å². The van der Waals surface area contributed by atoms with E-state index < -0.39 is 11.8 Å². The van der Waals surface area contributed by atoms with Crippen molar-refractivity contribution in [3.05, 3.63) is 95.8 Å². The number of nitrogens with zero attached hydrogens (tertiary/aromatic N) is 5. The maximum absolute atomic E-state index is 12.9. The summed E-state index contributed by atoms with van der Waals surface area (Å²) in [5, 5.41) is 13.8. The third-order valence-corrected chi connectivity index (χ3v) is 4.90. The number of amides is 3. The van der Waals surface area contributed by atoms with Crippen LogP contribution in [0.4, 0.5) is 11.4 Å². The number of carbonyl (C=O) groups excluding carboxylic acids is 3. The van der Waals surface area contributed by atoms with Gasteiger partial charge in [-0.15, -0.1) is 5.10 Å². The monoisotopic (exact) mass is 410 g/mol. The lowest BCUT2D eigenvalue weighted by atomic mass is 10.1. The Morgan fingerprint density at radius 3 is 2.26 bits per heavy atom. The minimum absolute atomic E-state index is 0.359. The van der Waals surface area contributed by atoms with Crippen LogP contribution < -0.4 is 10.2 Å². The summed E-state index contributed by atoms with van der Waals surface area (Å²) in [6, 6.07) is 20.1. The molecule has 9 heteroatoms. The molecule has 3 amide bonds. The summed E-state index contributed by atoms with van der Waals surface area (Å²) < 4.78 is 1.39. The first-order valence-corrected chi connectivity index (χ1v) is 9.35. The summed E-state index contributed by atoms with van der Waals surface area (Å²) in [7, 11) is 0. The Bertz CT molecular complexity index is 1300. The van der Waals surface area contributed by atoms with Gasteiger partial charge in [0, 0.05) is 5.69 Å². The topological polar surface area (TPSA) is 110 Å². The molecule has 0 atom stereocenters. The second-order valence-electron chi connectivity index (χ2n) is 6.77. The molecular formula is C22H14N6O3. The van der Waals surface area contributed by atoms with Crippen molar-refractivity contribution >= 4 is 29.1 Å². The summed E-state index contributed by atoms with van der Waals surface area (Å²) >= 11 is 0. The predicted molar refractivity (Wildman–Crippen MR) is 111 cm³/mol. The van der Waals surface area contributed by atoms with Gasteiger partial charge in [-0.05, 0) is 52.9 Å². The lowest BCUT2D eigenvalue weighted by Crippen LogP contribution is -2.29. The number of tetrazole rings is 1. The van der Waals surface area contributed by atoms with Crippen molar-refractivity contribution in [1.29, 1.82) is 0 Å². The number of aromatic nitrogens is 4. The molecule has 0 unspecified atom stereocenters. The average Bonchev–Trinajstić information content (AvgIpc) is 3.42. The number of para-hydroxylation sites is 1. The van der Waals surface area contributed by atoms with Crippen LogP contribution in [0.2, 0.25) is 0 Å². The van der Waals surface area contributed by atoms with Gasteiger partial charge in [0.15, 0.2) is 0 Å². The van der Waals surface area contributed by atoms with E-state index >= 15 is 0 Å². The molecule has 2 heterocycles. The summed E-state index contributed by atoms with van der Waals surface area (Å²) in [6.45, 7) is 0. The van der Waals surface area contributed by atoms with Gasteiger partial charge in [0.2, 0.25) is 0 Å². The molecular weight excluding hydrogens is 396 g/mol. The van der Waals surface area contributed by atoms with Crippen LogP contribution in [0, 0.1) is 0 Å². The second-order valence-corrected chi connectivity index (χ2v) is 6.77. The van der Waals surface area contributed by atoms with E-state index in [1.807, 2.05) is 0 Å². The largest absolute Gasteiger partial charge is 0.322 e. The molecule has 0 saturated carbocycles. The van der Waals surface area contributed by atoms with Crippen LogP contribution in [0.3, 0.4) is 0 Å². The number of nitrogens with one attached hydrogen (secondary N) is 1. The Labute approximate surface area is 175 Å². The van der Waals surface area contributed by atoms with Gasteiger partial charge in [0.1, 0.15) is 6.33 Å². The molecule has 1 N–H and O–H groups in total. The van der Waals surface area contributed by atoms with Gasteiger partial charge >= 0.3 is 0 Å². The zero-order chi connectivity index (χ0) is 21.4. The molecule has 1 aromatic heterocycles. The molecule has 150 valence electrons. The summed E-state index contributed by atoms with van der Waals surface area (Å²) in [5.41, 5.74) is 2.40. The number of fused-ring (bicyclic) bond motifs is 1. The van der Waals surface area contributed by atoms with E-state index in [9.17, 15) is 14.4 Å². The summed E-state index contributed by atoms with van der Waals surface area (Å²) in [4.78, 5) is 39.5. The van der Waals surface area contributed by atoms with Crippen LogP contribution in [0.1, 0.15) is 31.1 Å². The van der Waals surface area contributed by atoms with Crippen molar-refractivity contribution in [2.24, 2.45) is 0 Å². The van der Waals surface area contributed by atoms with E-state index in [0.29, 0.717) is 33.8 Å². The Hall–Kier alpha value is -4.66. The molecule has 0 fully saturated rings. The summed E-state index contributed by atoms with van der Waals surface area (Å²) in [6.07, 6.45) is 1.40. The Morgan fingerprint density at radius 2 is 1.55 bits per heavy atom. The third-order valence-electron chi connectivity index (χ3n) is 4.90. The lowest BCUT2D eigenvalue weighted by Gasteiger charge is -2.15. The fourth-order valence-corrected chi connectivity index (χ4v) is 3.48. The molecule has 0 spiro atoms. The van der Waals surface area contributed by atoms with E-state index in [-0.39, 0.29) is 5.91 Å². The average molecular weight is 410 g/mol. The highest BCUT2D eigenvalue weighted by Crippen LogP contribution is 2.30. The van der Waals surface area contributed by atoms with Crippen LogP contribution in [0.5, 0.6) is 0 Å². The van der Waals surface area contributed by atoms with Crippen molar-refractivity contribution < 1.29 is 14.4 Å². The van der Waals surface area contributed by atoms with Gasteiger partial charge in [-0.2, -0.15) is 4.68 Å². The molecule has 0 saturated heterocycles. The SMILES string of the molecule is O=C(Nc1cccc(N2C(=O)c3ccccc3C2=O)c1)c1ccccc1-n1cnnn1. The Morgan fingerprint density at radius 1 is 0.839 bits per heavy atom. The Kier molecular flexibility index (Phi) is 4.33. The molecule has 9 nitrogen and oxygen atoms in total. The van der Waals surface area contributed by atoms with Crippen molar-refractivity contribution in [3.8, 4) is 5.69 Å². The molecule has 4 aromatic rings. The number of hydrogen-bond acceptors (Lipinski definition) is 6. The highest BCUT2D eigenvalue weighted by Gasteiger charge is 2.36. The molecule has 0 bridgehead atoms. The van der Waals surface area contributed by atoms with E-state index in [2.05, 4.69) is 20.8 Å². The van der Waals surface area contributed by atoms with Crippen molar-refractivity contribution in [1.82, 2.24) is 20.2 Å². The zero-order valence-corrected chi connectivity index (χ0v) is 16.0. The summed E-state index contributed by atoms with van der Waals surface area (Å²) in [5.74, 6) is -1.17. The van der Waals surface area contributed by atoms with E-state index in [1.165, 1.54) is 11.0 Å². The molecule has 1 aliphatic heterocycles. The van der Waals surface area contributed by atoms with Gasteiger partial charge in [-0.25, -0.2) is 4.90 Å². The van der Waals surface area contributed by atoms with Gasteiger partial charge in [-0.1, -0.05) is 30.3 Å². The third kappa shape index (κ3) is 3.14. The van der Waals surface area contributed by atoms with Gasteiger partial charge in [0.25, 0.3) is 17.7 Å². The first-order chi connectivity index (χ1) is 15.1. The Balaban J connectivity index is 1.44. The molecule has 5 rings (SSSR count). The highest BCUT2D eigenvalue weighted by atomic mass is 16.2. The van der Waals surface area contributed by atoms with Crippen molar-refractivity contribution in [2.45, 2.75) is 0 Å². The molecule has 0 aliphatic carbocycles. The van der Waals surface area contributed by atoms with E-state index in [0.717, 1.165) is 4.90 Å². The number of rotatable bonds is 4. The molecule has 31 heavy (non-hydrogen) atoms. The second kappa shape index (κ2) is 7.30. The first-order valence-electron chi connectivity index (χ1n) is 9.35. The van der Waals surface area contributed by atoms with Crippen LogP contribution in [0.15, 0.2) is 79.1 Å². The maximum Gasteiger partial charge on any atom is 0.266 e. The standard InChI is InChI=1S/C22H14N6O3/c29-20(18-10-3-4-11-19(18)27-13-23-25-26-27)24-14-6-5-7-15(12-14)28-21(30)16-8-1-2-9-17(16)22(28)31/h1-13H,(H,24,29). The number of imide groups is 1. The normalized spacial score (nSPS) is 12.7. The fraction of sp³-hybridized carbons (Fsp3) is 0. The number of hydrogen-bond donors (Lipinski definition) is 1. The maximum atomic E-state index is 12.9. The predicted octanol–water partition coefficient (Wildman–Crippen LogP) is 2.72. The van der Waals surface area contributed by atoms with E-state index in [1.54, 1.807) is 72.8 Å². The fourth-order valence-electron chi connectivity index (χ4n) is 3.48. The van der Waals surface area contributed by atoms with Gasteiger partial charge < -0.3 is 5.32 Å². The molecule has 1 aliphatic rings. The van der Waals surface area contributed by atoms with Gasteiger partial charge in [0.05, 0.1) is 28.1 Å². The van der Waals surface area contributed by atoms with Crippen LogP contribution in [0.25, 0.3) is 5.69 Å². The number of anilines is 2. The smallest absolute Gasteiger partial charge is 0.266 e. The molecule has 0 radical (unpaired) electrons. The van der Waals surface area contributed by atoms with Crippen LogP contribution >= 0.6 is 0 Å². The van der Waals surface area contributed by atoms with Crippen molar-refractivity contribution in [3.63, 3.8) is 0 Å². The lowest BCUT2D eigenvalue weighted by molar-refractivity contribution is 0.0925. The number of carbonyl (C=O) groups is 3. The van der Waals surface area contributed by atoms with Gasteiger partial charge in [-0.3, -0.25) is 14.4 Å². The minimum Gasteiger partial charge on any atom is -0.322 e. The zero-order valence-electron chi connectivity index (χ0n) is 16.0. The number of benzene rings is 3. The molecule has 3 aromatic carbocycles. The first kappa shape index (κ1) is 18.4. The minimum atomic E-state index is -0.395. The van der Waals surface area contributed by atoms with Crippen LogP contribution in [-0.4, -0.2) is 37.9 Å². The quantitative estimate of drug-likeness (QED) is 0.518.